The second-order valence-corrected chi connectivity index (χ2v) is 4.30. The van der Waals surface area contributed by atoms with Crippen molar-refractivity contribution in [2.75, 3.05) is 18.9 Å². The van der Waals surface area contributed by atoms with Gasteiger partial charge in [0.25, 0.3) is 5.91 Å². The number of rotatable bonds is 6. The van der Waals surface area contributed by atoms with E-state index in [0.29, 0.717) is 17.8 Å². The molecule has 1 aromatic rings. The van der Waals surface area contributed by atoms with Gasteiger partial charge in [0.05, 0.1) is 6.61 Å². The van der Waals surface area contributed by atoms with Gasteiger partial charge in [-0.1, -0.05) is 13.8 Å². The molecule has 6 nitrogen and oxygen atoms in total. The third-order valence-electron chi connectivity index (χ3n) is 3.17. The van der Waals surface area contributed by atoms with E-state index in [1.807, 2.05) is 13.8 Å². The smallest absolute Gasteiger partial charge is 0.259 e. The summed E-state index contributed by atoms with van der Waals surface area (Å²) in [6.07, 6.45) is 1.69. The average Bonchev–Trinajstić information content (AvgIpc) is 2.68. The van der Waals surface area contributed by atoms with Crippen LogP contribution in [-0.2, 0) is 0 Å². The first-order valence-electron chi connectivity index (χ1n) is 6.28. The Bertz CT molecular complexity index is 379. The Morgan fingerprint density at radius 2 is 2.11 bits per heavy atom. The maximum atomic E-state index is 12.5. The monoisotopic (exact) mass is 254 g/mol. The van der Waals surface area contributed by atoms with E-state index in [-0.39, 0.29) is 24.4 Å². The molecule has 0 radical (unpaired) electrons. The standard InChI is InChI=1S/C12H22N4O2/c1-4-9(5-2)16(6-7-17)12(18)10-8(3)14-15-11(10)13/h9,17H,4-7H2,1-3H3,(H3,13,14,15). The fourth-order valence-corrected chi connectivity index (χ4v) is 2.15. The Kier molecular flexibility index (Phi) is 5.15. The number of aromatic nitrogens is 2. The molecule has 0 aliphatic rings. The second-order valence-electron chi connectivity index (χ2n) is 4.30. The molecule has 0 aliphatic heterocycles. The van der Waals surface area contributed by atoms with Crippen molar-refractivity contribution in [2.24, 2.45) is 0 Å². The predicted octanol–water partition coefficient (Wildman–Crippen LogP) is 0.923. The first-order chi connectivity index (χ1) is 8.56. The normalized spacial score (nSPS) is 10.9. The van der Waals surface area contributed by atoms with Gasteiger partial charge < -0.3 is 15.7 Å². The number of nitrogens with zero attached hydrogens (tertiary/aromatic N) is 2. The van der Waals surface area contributed by atoms with Crippen LogP contribution in [-0.4, -0.2) is 45.3 Å². The molecule has 0 saturated carbocycles. The van der Waals surface area contributed by atoms with Crippen molar-refractivity contribution in [1.82, 2.24) is 15.1 Å². The molecule has 102 valence electrons. The largest absolute Gasteiger partial charge is 0.395 e. The lowest BCUT2D eigenvalue weighted by molar-refractivity contribution is 0.0622. The maximum Gasteiger partial charge on any atom is 0.259 e. The highest BCUT2D eigenvalue weighted by Gasteiger charge is 2.26. The predicted molar refractivity (Wildman–Crippen MR) is 70.2 cm³/mol. The van der Waals surface area contributed by atoms with Crippen molar-refractivity contribution in [3.05, 3.63) is 11.3 Å². The summed E-state index contributed by atoms with van der Waals surface area (Å²) in [6.45, 7) is 6.07. The number of nitrogens with one attached hydrogen (secondary N) is 1. The number of carbonyl (C=O) groups excluding carboxylic acids is 1. The number of aliphatic hydroxyl groups excluding tert-OH is 1. The van der Waals surface area contributed by atoms with Crippen LogP contribution in [0.3, 0.4) is 0 Å². The molecular formula is C12H22N4O2. The molecule has 4 N–H and O–H groups in total. The van der Waals surface area contributed by atoms with E-state index < -0.39 is 0 Å². The highest BCUT2D eigenvalue weighted by atomic mass is 16.3. The Labute approximate surface area is 107 Å². The summed E-state index contributed by atoms with van der Waals surface area (Å²) in [4.78, 5) is 14.1. The zero-order chi connectivity index (χ0) is 13.7. The van der Waals surface area contributed by atoms with E-state index in [1.54, 1.807) is 11.8 Å². The lowest BCUT2D eigenvalue weighted by Gasteiger charge is -2.30. The Morgan fingerprint density at radius 1 is 1.50 bits per heavy atom. The summed E-state index contributed by atoms with van der Waals surface area (Å²) >= 11 is 0. The van der Waals surface area contributed by atoms with Crippen LogP contribution >= 0.6 is 0 Å². The molecule has 0 fully saturated rings. The van der Waals surface area contributed by atoms with Gasteiger partial charge in [0.1, 0.15) is 5.56 Å². The number of carbonyl (C=O) groups is 1. The van der Waals surface area contributed by atoms with Crippen molar-refractivity contribution in [2.45, 2.75) is 39.7 Å². The molecule has 0 aromatic carbocycles. The maximum absolute atomic E-state index is 12.5. The van der Waals surface area contributed by atoms with Crippen molar-refractivity contribution in [1.29, 1.82) is 0 Å². The third-order valence-corrected chi connectivity index (χ3v) is 3.17. The summed E-state index contributed by atoms with van der Waals surface area (Å²) < 4.78 is 0. The highest BCUT2D eigenvalue weighted by Crippen LogP contribution is 2.19. The van der Waals surface area contributed by atoms with Crippen LogP contribution in [0.15, 0.2) is 0 Å². The van der Waals surface area contributed by atoms with E-state index in [9.17, 15) is 4.79 Å². The number of nitrogen functional groups attached to an aromatic ring is 1. The number of aliphatic hydroxyl groups is 1. The zero-order valence-corrected chi connectivity index (χ0v) is 11.2. The first-order valence-corrected chi connectivity index (χ1v) is 6.28. The van der Waals surface area contributed by atoms with Crippen LogP contribution in [0.1, 0.15) is 42.7 Å². The lowest BCUT2D eigenvalue weighted by atomic mass is 10.1. The number of H-pyrrole nitrogens is 1. The van der Waals surface area contributed by atoms with Crippen LogP contribution < -0.4 is 5.73 Å². The summed E-state index contributed by atoms with van der Waals surface area (Å²) in [7, 11) is 0. The fourth-order valence-electron chi connectivity index (χ4n) is 2.15. The van der Waals surface area contributed by atoms with Crippen molar-refractivity contribution >= 4 is 11.7 Å². The minimum Gasteiger partial charge on any atom is -0.395 e. The zero-order valence-electron chi connectivity index (χ0n) is 11.2. The minimum absolute atomic E-state index is 0.0565. The van der Waals surface area contributed by atoms with E-state index in [1.165, 1.54) is 0 Å². The number of hydrogen-bond acceptors (Lipinski definition) is 4. The van der Waals surface area contributed by atoms with Crippen LogP contribution in [0, 0.1) is 6.92 Å². The van der Waals surface area contributed by atoms with Gasteiger partial charge >= 0.3 is 0 Å². The van der Waals surface area contributed by atoms with Crippen LogP contribution in [0.25, 0.3) is 0 Å². The molecule has 1 aromatic heterocycles. The van der Waals surface area contributed by atoms with Crippen LogP contribution in [0.5, 0.6) is 0 Å². The molecule has 6 heteroatoms. The van der Waals surface area contributed by atoms with E-state index in [0.717, 1.165) is 12.8 Å². The van der Waals surface area contributed by atoms with Gasteiger partial charge in [-0.25, -0.2) is 0 Å². The van der Waals surface area contributed by atoms with Crippen molar-refractivity contribution < 1.29 is 9.90 Å². The van der Waals surface area contributed by atoms with Crippen LogP contribution in [0.2, 0.25) is 0 Å². The Hall–Kier alpha value is -1.56. The van der Waals surface area contributed by atoms with Gasteiger partial charge in [-0.3, -0.25) is 9.89 Å². The number of aromatic amines is 1. The van der Waals surface area contributed by atoms with Crippen molar-refractivity contribution in [3.63, 3.8) is 0 Å². The molecule has 0 spiro atoms. The summed E-state index contributed by atoms with van der Waals surface area (Å²) in [5, 5.41) is 15.7. The summed E-state index contributed by atoms with van der Waals surface area (Å²) in [5.41, 5.74) is 6.78. The first kappa shape index (κ1) is 14.5. The molecule has 1 heterocycles. The Morgan fingerprint density at radius 3 is 2.50 bits per heavy atom. The number of nitrogens with two attached hydrogens (primary N) is 1. The molecule has 18 heavy (non-hydrogen) atoms. The van der Waals surface area contributed by atoms with Gasteiger partial charge in [-0.05, 0) is 19.8 Å². The molecule has 0 unspecified atom stereocenters. The molecule has 0 aliphatic carbocycles. The Balaban J connectivity index is 3.03. The van der Waals surface area contributed by atoms with Gasteiger partial charge in [-0.15, -0.1) is 0 Å². The van der Waals surface area contributed by atoms with Crippen LogP contribution in [0.4, 0.5) is 5.82 Å². The number of anilines is 1. The number of amides is 1. The van der Waals surface area contributed by atoms with Crippen molar-refractivity contribution in [3.8, 4) is 0 Å². The topological polar surface area (TPSA) is 95.2 Å². The third kappa shape index (κ3) is 2.81. The average molecular weight is 254 g/mol. The SMILES string of the molecule is CCC(CC)N(CCO)C(=O)c1c(N)n[nH]c1C. The quantitative estimate of drug-likeness (QED) is 0.703. The molecular weight excluding hydrogens is 232 g/mol. The lowest BCUT2D eigenvalue weighted by Crippen LogP contribution is -2.42. The van der Waals surface area contributed by atoms with Gasteiger partial charge in [0.15, 0.2) is 5.82 Å². The van der Waals surface area contributed by atoms with Gasteiger partial charge in [-0.2, -0.15) is 5.10 Å². The molecule has 0 saturated heterocycles. The highest BCUT2D eigenvalue weighted by molar-refractivity contribution is 5.99. The molecule has 1 amide bonds. The van der Waals surface area contributed by atoms with E-state index >= 15 is 0 Å². The molecule has 0 bridgehead atoms. The summed E-state index contributed by atoms with van der Waals surface area (Å²) in [6, 6.07) is 0.110. The van der Waals surface area contributed by atoms with E-state index in [2.05, 4.69) is 10.2 Å². The van der Waals surface area contributed by atoms with Gasteiger partial charge in [0, 0.05) is 18.3 Å². The van der Waals surface area contributed by atoms with E-state index in [4.69, 9.17) is 10.8 Å². The fraction of sp³-hybridized carbons (Fsp3) is 0.667. The van der Waals surface area contributed by atoms with Gasteiger partial charge in [0.2, 0.25) is 0 Å². The molecule has 1 rings (SSSR count). The summed E-state index contributed by atoms with van der Waals surface area (Å²) in [5.74, 6) is 0.0490. The minimum atomic E-state index is -0.165. The number of hydrogen-bond donors (Lipinski definition) is 3. The second kappa shape index (κ2) is 6.39. The molecule has 0 atom stereocenters. The number of aryl methyl sites for hydroxylation is 1.